The number of hydrogen-bond acceptors (Lipinski definition) is 7. The van der Waals surface area contributed by atoms with E-state index in [0.29, 0.717) is 21.9 Å². The molecule has 122 valence electrons. The number of hydrogen-bond donors (Lipinski definition) is 1. The van der Waals surface area contributed by atoms with Crippen LogP contribution in [0.2, 0.25) is 0 Å². The topological polar surface area (TPSA) is 118 Å². The minimum atomic E-state index is -0.480. The number of nitro groups is 1. The van der Waals surface area contributed by atoms with Crippen molar-refractivity contribution in [2.24, 2.45) is 0 Å². The Morgan fingerprint density at radius 3 is 2.75 bits per heavy atom. The lowest BCUT2D eigenvalue weighted by Crippen LogP contribution is -2.27. The van der Waals surface area contributed by atoms with Crippen LogP contribution in [0.3, 0.4) is 0 Å². The van der Waals surface area contributed by atoms with Gasteiger partial charge in [-0.2, -0.15) is 0 Å². The third-order valence-corrected chi connectivity index (χ3v) is 4.32. The molecule has 1 amide bonds. The van der Waals surface area contributed by atoms with Gasteiger partial charge in [0.25, 0.3) is 5.69 Å². The van der Waals surface area contributed by atoms with Crippen molar-refractivity contribution in [2.45, 2.75) is 5.03 Å². The maximum atomic E-state index is 12.3. The third-order valence-electron chi connectivity index (χ3n) is 3.34. The molecule has 0 aliphatic carbocycles. The first-order valence-electron chi connectivity index (χ1n) is 6.84. The summed E-state index contributed by atoms with van der Waals surface area (Å²) in [6.07, 6.45) is 2.92. The molecular weight excluding hydrogens is 332 g/mol. The van der Waals surface area contributed by atoms with Crippen LogP contribution in [0.4, 0.5) is 11.4 Å². The average molecular weight is 344 g/mol. The lowest BCUT2D eigenvalue weighted by atomic mass is 10.2. The first-order chi connectivity index (χ1) is 11.6. The van der Waals surface area contributed by atoms with Gasteiger partial charge >= 0.3 is 0 Å². The predicted molar refractivity (Wildman–Crippen MR) is 88.9 cm³/mol. The number of carbonyl (C=O) groups excluding carboxylic acids is 1. The second-order valence-corrected chi connectivity index (χ2v) is 5.76. The summed E-state index contributed by atoms with van der Waals surface area (Å²) in [4.78, 5) is 39.1. The van der Waals surface area contributed by atoms with Gasteiger partial charge in [-0.3, -0.25) is 14.9 Å². The average Bonchev–Trinajstić information content (AvgIpc) is 3.08. The molecule has 2 aromatic heterocycles. The van der Waals surface area contributed by atoms with Crippen LogP contribution >= 0.6 is 11.8 Å². The van der Waals surface area contributed by atoms with Gasteiger partial charge in [-0.1, -0.05) is 11.8 Å². The second-order valence-electron chi connectivity index (χ2n) is 4.79. The molecule has 24 heavy (non-hydrogen) atoms. The van der Waals surface area contributed by atoms with Gasteiger partial charge in [-0.15, -0.1) is 0 Å². The van der Waals surface area contributed by atoms with E-state index in [9.17, 15) is 14.9 Å². The van der Waals surface area contributed by atoms with Crippen LogP contribution in [-0.4, -0.2) is 43.6 Å². The molecule has 0 bridgehead atoms. The highest BCUT2D eigenvalue weighted by atomic mass is 32.2. The van der Waals surface area contributed by atoms with Crippen molar-refractivity contribution in [3.63, 3.8) is 0 Å². The van der Waals surface area contributed by atoms with Crippen LogP contribution in [0.25, 0.3) is 11.2 Å². The van der Waals surface area contributed by atoms with Gasteiger partial charge in [0.2, 0.25) is 5.91 Å². The number of rotatable bonds is 5. The summed E-state index contributed by atoms with van der Waals surface area (Å²) in [7, 11) is 1.62. The van der Waals surface area contributed by atoms with Crippen LogP contribution in [0.15, 0.2) is 41.9 Å². The van der Waals surface area contributed by atoms with Crippen LogP contribution in [-0.2, 0) is 4.79 Å². The van der Waals surface area contributed by atoms with Crippen molar-refractivity contribution in [3.8, 4) is 0 Å². The molecule has 2 heterocycles. The molecule has 1 N–H and O–H groups in total. The number of nitro benzene ring substituents is 1. The number of fused-ring (bicyclic) bond motifs is 1. The highest BCUT2D eigenvalue weighted by molar-refractivity contribution is 8.00. The number of aromatic amines is 1. The zero-order valence-corrected chi connectivity index (χ0v) is 13.4. The number of imidazole rings is 1. The van der Waals surface area contributed by atoms with Gasteiger partial charge in [0, 0.05) is 24.9 Å². The molecule has 0 aliphatic heterocycles. The third kappa shape index (κ3) is 3.18. The van der Waals surface area contributed by atoms with Gasteiger partial charge in [-0.05, 0) is 12.1 Å². The number of aromatic nitrogens is 4. The van der Waals surface area contributed by atoms with Gasteiger partial charge in [0.05, 0.1) is 17.0 Å². The number of thioether (sulfide) groups is 1. The second kappa shape index (κ2) is 6.62. The summed E-state index contributed by atoms with van der Waals surface area (Å²) in [6, 6.07) is 5.81. The highest BCUT2D eigenvalue weighted by Gasteiger charge is 2.15. The Hall–Kier alpha value is -3.01. The van der Waals surface area contributed by atoms with Crippen molar-refractivity contribution in [1.29, 1.82) is 0 Å². The molecule has 0 atom stereocenters. The van der Waals surface area contributed by atoms with E-state index in [4.69, 9.17) is 0 Å². The summed E-state index contributed by atoms with van der Waals surface area (Å²) in [5.41, 5.74) is 1.80. The monoisotopic (exact) mass is 344 g/mol. The zero-order chi connectivity index (χ0) is 17.1. The van der Waals surface area contributed by atoms with E-state index in [0.717, 1.165) is 0 Å². The first-order valence-corrected chi connectivity index (χ1v) is 7.82. The molecule has 0 fully saturated rings. The Bertz CT molecular complexity index is 895. The van der Waals surface area contributed by atoms with E-state index in [2.05, 4.69) is 19.9 Å². The van der Waals surface area contributed by atoms with Crippen LogP contribution in [0.5, 0.6) is 0 Å². The minimum Gasteiger partial charge on any atom is -0.341 e. The van der Waals surface area contributed by atoms with E-state index in [1.54, 1.807) is 19.2 Å². The summed E-state index contributed by atoms with van der Waals surface area (Å²) in [6.45, 7) is 0. The molecule has 0 saturated carbocycles. The minimum absolute atomic E-state index is 0.0170. The van der Waals surface area contributed by atoms with Gasteiger partial charge in [0.1, 0.15) is 16.9 Å². The number of nitrogens with zero attached hydrogens (tertiary/aromatic N) is 5. The van der Waals surface area contributed by atoms with Crippen molar-refractivity contribution in [2.75, 3.05) is 17.7 Å². The maximum Gasteiger partial charge on any atom is 0.269 e. The molecular formula is C14H12N6O3S. The highest BCUT2D eigenvalue weighted by Crippen LogP contribution is 2.23. The van der Waals surface area contributed by atoms with E-state index >= 15 is 0 Å². The Labute approximate surface area is 140 Å². The molecule has 0 radical (unpaired) electrons. The first kappa shape index (κ1) is 15.9. The normalized spacial score (nSPS) is 10.7. The lowest BCUT2D eigenvalue weighted by molar-refractivity contribution is -0.384. The molecule has 0 saturated heterocycles. The van der Waals surface area contributed by atoms with Crippen molar-refractivity contribution in [3.05, 3.63) is 47.0 Å². The standard InChI is InChI=1S/C14H12N6O3S/c1-19(9-2-4-10(5-3-9)20(22)23)11(21)6-24-14-12-13(16-7-15-12)17-8-18-14/h2-5,7-8H,6H2,1H3,(H,15,16,17,18). The van der Waals surface area contributed by atoms with E-state index < -0.39 is 4.92 Å². The van der Waals surface area contributed by atoms with Gasteiger partial charge < -0.3 is 9.88 Å². The molecule has 0 aliphatic rings. The summed E-state index contributed by atoms with van der Waals surface area (Å²) >= 11 is 1.27. The van der Waals surface area contributed by atoms with E-state index in [-0.39, 0.29) is 17.3 Å². The molecule has 10 heteroatoms. The molecule has 0 unspecified atom stereocenters. The summed E-state index contributed by atoms with van der Waals surface area (Å²) in [5.74, 6) is 0.0126. The Kier molecular flexibility index (Phi) is 4.38. The molecule has 3 aromatic rings. The van der Waals surface area contributed by atoms with Gasteiger partial charge in [-0.25, -0.2) is 15.0 Å². The number of amides is 1. The summed E-state index contributed by atoms with van der Waals surface area (Å²) < 4.78 is 0. The fourth-order valence-electron chi connectivity index (χ4n) is 2.02. The SMILES string of the molecule is CN(C(=O)CSc1ncnc2nc[nH]c12)c1ccc([N+](=O)[O-])cc1. The number of nitrogens with one attached hydrogen (secondary N) is 1. The fourth-order valence-corrected chi connectivity index (χ4v) is 2.89. The van der Waals surface area contributed by atoms with Crippen LogP contribution < -0.4 is 4.90 Å². The van der Waals surface area contributed by atoms with E-state index in [1.807, 2.05) is 0 Å². The molecule has 1 aromatic carbocycles. The zero-order valence-electron chi connectivity index (χ0n) is 12.5. The maximum absolute atomic E-state index is 12.3. The number of benzene rings is 1. The molecule has 3 rings (SSSR count). The largest absolute Gasteiger partial charge is 0.341 e. The van der Waals surface area contributed by atoms with Crippen LogP contribution in [0.1, 0.15) is 0 Å². The lowest BCUT2D eigenvalue weighted by Gasteiger charge is -2.16. The number of non-ortho nitro benzene ring substituents is 1. The molecule has 9 nitrogen and oxygen atoms in total. The predicted octanol–water partition coefficient (Wildman–Crippen LogP) is 2.02. The Balaban J connectivity index is 1.68. The number of carbonyl (C=O) groups is 1. The summed E-state index contributed by atoms with van der Waals surface area (Å²) in [5, 5.41) is 11.3. The van der Waals surface area contributed by atoms with Crippen molar-refractivity contribution < 1.29 is 9.72 Å². The van der Waals surface area contributed by atoms with Gasteiger partial charge in [0.15, 0.2) is 5.65 Å². The number of H-pyrrole nitrogens is 1. The molecule has 0 spiro atoms. The van der Waals surface area contributed by atoms with Crippen LogP contribution in [0, 0.1) is 10.1 Å². The fraction of sp³-hybridized carbons (Fsp3) is 0.143. The number of anilines is 1. The Morgan fingerprint density at radius 2 is 2.04 bits per heavy atom. The Morgan fingerprint density at radius 1 is 1.29 bits per heavy atom. The van der Waals surface area contributed by atoms with Crippen molar-refractivity contribution in [1.82, 2.24) is 19.9 Å². The van der Waals surface area contributed by atoms with E-state index in [1.165, 1.54) is 41.4 Å². The quantitative estimate of drug-likeness (QED) is 0.325. The smallest absolute Gasteiger partial charge is 0.269 e. The van der Waals surface area contributed by atoms with Crippen molar-refractivity contribution >= 4 is 40.2 Å².